The number of aryl methyl sites for hydroxylation is 2. The lowest BCUT2D eigenvalue weighted by Gasteiger charge is -2.37. The maximum absolute atomic E-state index is 12.8. The number of hydrogen-bond donors (Lipinski definition) is 2. The van der Waals surface area contributed by atoms with Gasteiger partial charge in [0.15, 0.2) is 0 Å². The van der Waals surface area contributed by atoms with Crippen molar-refractivity contribution in [1.82, 2.24) is 15.1 Å². The summed E-state index contributed by atoms with van der Waals surface area (Å²) in [5.41, 5.74) is 2.79. The van der Waals surface area contributed by atoms with Crippen LogP contribution < -0.4 is 10.6 Å². The van der Waals surface area contributed by atoms with E-state index in [0.717, 1.165) is 42.5 Å². The lowest BCUT2D eigenvalue weighted by molar-refractivity contribution is -0.136. The molecule has 7 nitrogen and oxygen atoms in total. The van der Waals surface area contributed by atoms with Gasteiger partial charge in [-0.2, -0.15) is 0 Å². The lowest BCUT2D eigenvalue weighted by Crippen LogP contribution is -2.51. The highest BCUT2D eigenvalue weighted by molar-refractivity contribution is 5.95. The van der Waals surface area contributed by atoms with Crippen molar-refractivity contribution in [1.29, 1.82) is 0 Å². The largest absolute Gasteiger partial charge is 0.356 e. The van der Waals surface area contributed by atoms with Crippen molar-refractivity contribution in [3.05, 3.63) is 29.3 Å². The Hall–Kier alpha value is -2.41. The molecule has 0 aromatic heterocycles. The van der Waals surface area contributed by atoms with Crippen LogP contribution in [0.2, 0.25) is 0 Å². The molecule has 2 rings (SSSR count). The Morgan fingerprint density at radius 2 is 1.84 bits per heavy atom. The summed E-state index contributed by atoms with van der Waals surface area (Å²) >= 11 is 0. The molecule has 0 radical (unpaired) electrons. The second-order valence-electron chi connectivity index (χ2n) is 8.76. The van der Waals surface area contributed by atoms with Crippen molar-refractivity contribution in [2.45, 2.75) is 59.4 Å². The van der Waals surface area contributed by atoms with Crippen molar-refractivity contribution in [2.24, 2.45) is 5.92 Å². The molecule has 0 spiro atoms. The Morgan fingerprint density at radius 3 is 2.48 bits per heavy atom. The Bertz CT molecular complexity index is 760. The zero-order chi connectivity index (χ0) is 23.0. The van der Waals surface area contributed by atoms with Gasteiger partial charge in [0.1, 0.15) is 0 Å². The van der Waals surface area contributed by atoms with Crippen molar-refractivity contribution >= 4 is 23.4 Å². The number of unbranched alkanes of at least 4 members (excludes halogenated alkanes) is 1. The van der Waals surface area contributed by atoms with Crippen LogP contribution in [0.25, 0.3) is 0 Å². The first-order chi connectivity index (χ1) is 14.7. The van der Waals surface area contributed by atoms with E-state index in [1.807, 2.05) is 32.0 Å². The summed E-state index contributed by atoms with van der Waals surface area (Å²) in [5, 5.41) is 5.93. The number of likely N-dealkylation sites (N-methyl/N-ethyl adjacent to an activating group) is 1. The van der Waals surface area contributed by atoms with Gasteiger partial charge in [-0.15, -0.1) is 0 Å². The van der Waals surface area contributed by atoms with Crippen molar-refractivity contribution in [3.8, 4) is 0 Å². The average molecular weight is 431 g/mol. The summed E-state index contributed by atoms with van der Waals surface area (Å²) in [6.45, 7) is 9.58. The number of amides is 3. The molecule has 3 amide bonds. The molecule has 7 heteroatoms. The molecule has 1 heterocycles. The van der Waals surface area contributed by atoms with Gasteiger partial charge in [-0.05, 0) is 51.2 Å². The maximum atomic E-state index is 12.8. The van der Waals surface area contributed by atoms with Crippen molar-refractivity contribution in [2.75, 3.05) is 38.5 Å². The second kappa shape index (κ2) is 11.8. The standard InChI is InChI=1S/C24H38N4O3/c1-6-7-13-25-24(31)20-12-11-19(4)28(14-20)16-22(30)27(5)15-21(29)26-23-17(2)9-8-10-18(23)3/h8-10,19-20H,6-7,11-16H2,1-5H3,(H,25,31)(H,26,29). The topological polar surface area (TPSA) is 81.8 Å². The normalized spacial score (nSPS) is 19.0. The number of rotatable bonds is 9. The molecule has 0 saturated carbocycles. The smallest absolute Gasteiger partial charge is 0.243 e. The Kier molecular flexibility index (Phi) is 9.49. The number of likely N-dealkylation sites (tertiary alicyclic amines) is 1. The second-order valence-corrected chi connectivity index (χ2v) is 8.76. The first-order valence-corrected chi connectivity index (χ1v) is 11.3. The molecule has 172 valence electrons. The molecule has 31 heavy (non-hydrogen) atoms. The number of para-hydroxylation sites is 1. The molecule has 0 bridgehead atoms. The quantitative estimate of drug-likeness (QED) is 0.590. The zero-order valence-corrected chi connectivity index (χ0v) is 19.7. The molecule has 1 aliphatic rings. The maximum Gasteiger partial charge on any atom is 0.243 e. The van der Waals surface area contributed by atoms with Gasteiger partial charge < -0.3 is 15.5 Å². The number of carbonyl (C=O) groups excluding carboxylic acids is 3. The molecule has 1 aromatic rings. The molecular weight excluding hydrogens is 392 g/mol. The van der Waals surface area contributed by atoms with E-state index in [-0.39, 0.29) is 42.8 Å². The summed E-state index contributed by atoms with van der Waals surface area (Å²) in [6, 6.07) is 6.08. The Balaban J connectivity index is 1.87. The van der Waals surface area contributed by atoms with E-state index in [4.69, 9.17) is 0 Å². The van der Waals surface area contributed by atoms with E-state index < -0.39 is 0 Å². The molecule has 1 saturated heterocycles. The van der Waals surface area contributed by atoms with Crippen LogP contribution in [0.4, 0.5) is 5.69 Å². The summed E-state index contributed by atoms with van der Waals surface area (Å²) in [7, 11) is 1.65. The number of piperidine rings is 1. The van der Waals surface area contributed by atoms with Gasteiger partial charge in [0.05, 0.1) is 19.0 Å². The first-order valence-electron chi connectivity index (χ1n) is 11.3. The Morgan fingerprint density at radius 1 is 1.16 bits per heavy atom. The number of nitrogens with one attached hydrogen (secondary N) is 2. The zero-order valence-electron chi connectivity index (χ0n) is 19.7. The van der Waals surface area contributed by atoms with E-state index in [1.54, 1.807) is 7.05 Å². The molecule has 1 aliphatic heterocycles. The fourth-order valence-electron chi connectivity index (χ4n) is 3.93. The van der Waals surface area contributed by atoms with Gasteiger partial charge in [0.25, 0.3) is 0 Å². The van der Waals surface area contributed by atoms with E-state index in [2.05, 4.69) is 29.4 Å². The van der Waals surface area contributed by atoms with Gasteiger partial charge in [0.2, 0.25) is 17.7 Å². The van der Waals surface area contributed by atoms with Crippen LogP contribution in [-0.4, -0.2) is 66.8 Å². The Labute approximate surface area is 186 Å². The lowest BCUT2D eigenvalue weighted by atomic mass is 9.92. The van der Waals surface area contributed by atoms with Crippen molar-refractivity contribution < 1.29 is 14.4 Å². The van der Waals surface area contributed by atoms with Gasteiger partial charge in [0, 0.05) is 31.9 Å². The van der Waals surface area contributed by atoms with Crippen LogP contribution in [0.1, 0.15) is 50.7 Å². The fraction of sp³-hybridized carbons (Fsp3) is 0.625. The number of anilines is 1. The third-order valence-electron chi connectivity index (χ3n) is 6.10. The fourth-order valence-corrected chi connectivity index (χ4v) is 3.93. The minimum absolute atomic E-state index is 0.00421. The van der Waals surface area contributed by atoms with Gasteiger partial charge in [-0.25, -0.2) is 0 Å². The van der Waals surface area contributed by atoms with E-state index in [1.165, 1.54) is 4.90 Å². The van der Waals surface area contributed by atoms with Gasteiger partial charge >= 0.3 is 0 Å². The van der Waals surface area contributed by atoms with Crippen LogP contribution >= 0.6 is 0 Å². The summed E-state index contributed by atoms with van der Waals surface area (Å²) < 4.78 is 0. The third-order valence-corrected chi connectivity index (χ3v) is 6.10. The number of nitrogens with zero attached hydrogens (tertiary/aromatic N) is 2. The van der Waals surface area contributed by atoms with Crippen LogP contribution in [0, 0.1) is 19.8 Å². The van der Waals surface area contributed by atoms with Gasteiger partial charge in [-0.3, -0.25) is 19.3 Å². The molecule has 1 fully saturated rings. The third kappa shape index (κ3) is 7.35. The molecule has 1 aromatic carbocycles. The highest BCUT2D eigenvalue weighted by Gasteiger charge is 2.31. The summed E-state index contributed by atoms with van der Waals surface area (Å²) in [6.07, 6.45) is 3.76. The van der Waals surface area contributed by atoms with Crippen molar-refractivity contribution in [3.63, 3.8) is 0 Å². The minimum atomic E-state index is -0.215. The highest BCUT2D eigenvalue weighted by atomic mass is 16.2. The number of benzene rings is 1. The van der Waals surface area contributed by atoms with Crippen LogP contribution in [0.5, 0.6) is 0 Å². The highest BCUT2D eigenvalue weighted by Crippen LogP contribution is 2.22. The molecule has 2 N–H and O–H groups in total. The minimum Gasteiger partial charge on any atom is -0.356 e. The van der Waals surface area contributed by atoms with Crippen LogP contribution in [0.15, 0.2) is 18.2 Å². The number of carbonyl (C=O) groups is 3. The predicted molar refractivity (Wildman–Crippen MR) is 124 cm³/mol. The SMILES string of the molecule is CCCCNC(=O)C1CCC(C)N(CC(=O)N(C)CC(=O)Nc2c(C)cccc2C)C1. The van der Waals surface area contributed by atoms with E-state index in [9.17, 15) is 14.4 Å². The van der Waals surface area contributed by atoms with Gasteiger partial charge in [-0.1, -0.05) is 31.5 Å². The van der Waals surface area contributed by atoms with Crippen LogP contribution in [0.3, 0.4) is 0 Å². The molecule has 2 atom stereocenters. The first kappa shape index (κ1) is 24.9. The summed E-state index contributed by atoms with van der Waals surface area (Å²) in [4.78, 5) is 41.2. The summed E-state index contributed by atoms with van der Waals surface area (Å²) in [5.74, 6) is -0.332. The monoisotopic (exact) mass is 430 g/mol. The average Bonchev–Trinajstić information content (AvgIpc) is 2.72. The predicted octanol–water partition coefficient (Wildman–Crippen LogP) is 2.72. The van der Waals surface area contributed by atoms with E-state index >= 15 is 0 Å². The molecular formula is C24H38N4O3. The molecule has 0 aliphatic carbocycles. The molecule has 2 unspecified atom stereocenters. The van der Waals surface area contributed by atoms with E-state index in [0.29, 0.717) is 13.1 Å². The van der Waals surface area contributed by atoms with Crippen LogP contribution in [-0.2, 0) is 14.4 Å². The number of hydrogen-bond acceptors (Lipinski definition) is 4.